The van der Waals surface area contributed by atoms with Gasteiger partial charge in [-0.3, -0.25) is 0 Å². The average Bonchev–Trinajstić information content (AvgIpc) is 3.47. The summed E-state index contributed by atoms with van der Waals surface area (Å²) in [5.41, 5.74) is 0. The Morgan fingerprint density at radius 1 is 0.154 bits per heavy atom. The normalized spacial score (nSPS) is 12.5. The van der Waals surface area contributed by atoms with E-state index >= 15 is 0 Å². The summed E-state index contributed by atoms with van der Waals surface area (Å²) in [7, 11) is 0. The molecule has 0 N–H and O–H groups in total. The van der Waals surface area contributed by atoms with Crippen LogP contribution in [0.25, 0.3) is 0 Å². The van der Waals surface area contributed by atoms with Gasteiger partial charge in [0.15, 0.2) is 0 Å². The first-order valence-electron chi connectivity index (χ1n) is 48.6. The van der Waals surface area contributed by atoms with Crippen LogP contribution in [0.2, 0.25) is 0 Å². The fourth-order valence-corrected chi connectivity index (χ4v) is 22.4. The van der Waals surface area contributed by atoms with E-state index in [0.717, 1.165) is 11.5 Å². The number of hydrogen-bond donors (Lipinski definition) is 3. The molecule has 0 aromatic heterocycles. The van der Waals surface area contributed by atoms with E-state index in [4.69, 9.17) is 12.6 Å². The average molecular weight is 1610 g/mol. The van der Waals surface area contributed by atoms with Crippen LogP contribution in [-0.4, -0.2) is 73.8 Å². The molecule has 0 nitrogen and oxygen atoms in total. The van der Waals surface area contributed by atoms with Gasteiger partial charge in [-0.25, -0.2) is 0 Å². The maximum absolute atomic E-state index is 4.91. The Morgan fingerprint density at radius 3 is 0.404 bits per heavy atom. The molecule has 0 aliphatic heterocycles. The fourth-order valence-electron chi connectivity index (χ4n) is 15.8. The fraction of sp³-hybridized carbons (Fsp3) is 1.00. The van der Waals surface area contributed by atoms with Crippen LogP contribution in [0.15, 0.2) is 0 Å². The van der Waals surface area contributed by atoms with Crippen molar-refractivity contribution in [2.45, 2.75) is 544 Å². The SMILES string of the molecule is CCCCCCCCCCCCCCCCCCCCCCCCCCCCCCCCCCCCCCCCCCCCCCCCCCCCCCCCCCCCCCCCCCCCCCCCCCCCCCCCCCCC(S)CSCCSCCSCCSCCSCC(S)CS. The van der Waals surface area contributed by atoms with E-state index in [9.17, 15) is 0 Å². The predicted octanol–water partition coefficient (Wildman–Crippen LogP) is 37.2. The van der Waals surface area contributed by atoms with Crippen LogP contribution in [0, 0.1) is 0 Å². The first-order chi connectivity index (χ1) is 51.7. The first kappa shape index (κ1) is 107. The second kappa shape index (κ2) is 102. The van der Waals surface area contributed by atoms with E-state index in [-0.39, 0.29) is 0 Å². The summed E-state index contributed by atoms with van der Waals surface area (Å²) in [5.74, 6) is 13.6. The van der Waals surface area contributed by atoms with Crippen LogP contribution in [0.5, 0.6) is 0 Å². The summed E-state index contributed by atoms with van der Waals surface area (Å²) in [5, 5.41) is 1.04. The summed E-state index contributed by atoms with van der Waals surface area (Å²) in [6.07, 6.45) is 122. The highest BCUT2D eigenvalue weighted by molar-refractivity contribution is 8.06. The van der Waals surface area contributed by atoms with Crippen molar-refractivity contribution in [1.29, 1.82) is 0 Å². The Labute approximate surface area is 697 Å². The number of thiol groups is 3. The number of unbranched alkanes of at least 4 members (excludes halogenated alkanes) is 80. The first-order valence-corrected chi connectivity index (χ1v) is 56.0. The minimum atomic E-state index is 0.444. The lowest BCUT2D eigenvalue weighted by Gasteiger charge is -2.10. The monoisotopic (exact) mass is 1600 g/mol. The number of rotatable bonds is 99. The summed E-state index contributed by atoms with van der Waals surface area (Å²) in [6, 6.07) is 0. The minimum absolute atomic E-state index is 0.444. The molecular weight excluding hydrogens is 1410 g/mol. The zero-order valence-electron chi connectivity index (χ0n) is 71.3. The molecule has 0 fully saturated rings. The van der Waals surface area contributed by atoms with E-state index in [1.165, 1.54) is 578 Å². The van der Waals surface area contributed by atoms with Crippen molar-refractivity contribution in [3.63, 3.8) is 0 Å². The van der Waals surface area contributed by atoms with E-state index in [1.807, 2.05) is 11.8 Å². The van der Waals surface area contributed by atoms with Gasteiger partial charge >= 0.3 is 0 Å². The largest absolute Gasteiger partial charge is 0.178 e. The zero-order valence-corrected chi connectivity index (χ0v) is 78.1. The third kappa shape index (κ3) is 101. The maximum atomic E-state index is 4.91. The molecule has 0 aromatic carbocycles. The van der Waals surface area contributed by atoms with Crippen LogP contribution in [0.1, 0.15) is 533 Å². The van der Waals surface area contributed by atoms with Crippen molar-refractivity contribution in [3.8, 4) is 0 Å². The maximum Gasteiger partial charge on any atom is 0.0196 e. The third-order valence-electron chi connectivity index (χ3n) is 23.0. The van der Waals surface area contributed by atoms with Gasteiger partial charge in [-0.15, -0.1) is 0 Å². The molecule has 0 radical (unpaired) electrons. The molecule has 0 amide bonds. The standard InChI is InChI=1S/C96H194S8/c1-2-3-4-5-6-7-8-9-10-11-12-13-14-15-16-17-18-19-20-21-22-23-24-25-26-27-28-29-30-31-32-33-34-35-36-37-38-39-40-41-42-43-44-45-46-47-48-49-50-51-52-53-54-55-56-57-58-59-60-61-62-63-64-65-66-67-68-69-70-71-72-73-74-75-76-77-78-79-80-81-82-83-95(98)93-103-90-88-101-86-84-100-85-87-102-89-91-104-94-96(99)92-97/h95-99H,2-94H2,1H3. The number of hydrogen-bond acceptors (Lipinski definition) is 8. The molecule has 0 aliphatic rings. The highest BCUT2D eigenvalue weighted by atomic mass is 32.2. The molecule has 0 aliphatic carbocycles. The summed E-state index contributed by atoms with van der Waals surface area (Å²) in [4.78, 5) is 0. The van der Waals surface area contributed by atoms with Gasteiger partial charge in [0.2, 0.25) is 0 Å². The molecule has 0 rings (SSSR count). The summed E-state index contributed by atoms with van der Waals surface area (Å²) in [6.45, 7) is 2.32. The molecule has 8 heteroatoms. The van der Waals surface area contributed by atoms with E-state index in [2.05, 4.69) is 79.2 Å². The van der Waals surface area contributed by atoms with Gasteiger partial charge in [-0.2, -0.15) is 96.7 Å². The van der Waals surface area contributed by atoms with E-state index in [0.29, 0.717) is 10.5 Å². The van der Waals surface area contributed by atoms with Gasteiger partial charge in [0.25, 0.3) is 0 Å². The zero-order chi connectivity index (χ0) is 74.5. The number of thioether (sulfide) groups is 5. The molecule has 104 heavy (non-hydrogen) atoms. The molecule has 0 bridgehead atoms. The summed E-state index contributed by atoms with van der Waals surface area (Å²) < 4.78 is 0. The molecule has 2 atom stereocenters. The van der Waals surface area contributed by atoms with Crippen molar-refractivity contribution in [1.82, 2.24) is 0 Å². The summed E-state index contributed by atoms with van der Waals surface area (Å²) >= 11 is 24.3. The van der Waals surface area contributed by atoms with Crippen LogP contribution >= 0.6 is 96.7 Å². The lowest BCUT2D eigenvalue weighted by molar-refractivity contribution is 0.505. The third-order valence-corrected chi connectivity index (χ3v) is 31.2. The molecule has 0 spiro atoms. The molecule has 0 saturated heterocycles. The Balaban J connectivity index is 3.12. The lowest BCUT2D eigenvalue weighted by atomic mass is 10.0. The minimum Gasteiger partial charge on any atom is -0.178 e. The van der Waals surface area contributed by atoms with Crippen molar-refractivity contribution >= 4 is 96.7 Å². The van der Waals surface area contributed by atoms with Gasteiger partial charge in [0, 0.05) is 73.8 Å². The highest BCUT2D eigenvalue weighted by Gasteiger charge is 2.07. The second-order valence-corrected chi connectivity index (χ2v) is 41.3. The van der Waals surface area contributed by atoms with E-state index < -0.39 is 0 Å². The van der Waals surface area contributed by atoms with Crippen LogP contribution in [0.4, 0.5) is 0 Å². The van der Waals surface area contributed by atoms with Crippen molar-refractivity contribution in [2.24, 2.45) is 0 Å². The molecule has 0 aromatic rings. The predicted molar refractivity (Wildman–Crippen MR) is 510 cm³/mol. The Hall–Kier alpha value is 2.80. The molecule has 626 valence electrons. The van der Waals surface area contributed by atoms with Crippen LogP contribution < -0.4 is 0 Å². The van der Waals surface area contributed by atoms with Gasteiger partial charge in [0.1, 0.15) is 0 Å². The Kier molecular flexibility index (Phi) is 105. The van der Waals surface area contributed by atoms with E-state index in [1.54, 1.807) is 0 Å². The van der Waals surface area contributed by atoms with Gasteiger partial charge < -0.3 is 0 Å². The smallest absolute Gasteiger partial charge is 0.0196 e. The second-order valence-electron chi connectivity index (χ2n) is 33.6. The Morgan fingerprint density at radius 2 is 0.269 bits per heavy atom. The van der Waals surface area contributed by atoms with Crippen molar-refractivity contribution in [3.05, 3.63) is 0 Å². The van der Waals surface area contributed by atoms with Crippen LogP contribution in [0.3, 0.4) is 0 Å². The molecule has 2 unspecified atom stereocenters. The Bertz CT molecular complexity index is 1430. The van der Waals surface area contributed by atoms with Gasteiger partial charge in [-0.1, -0.05) is 527 Å². The highest BCUT2D eigenvalue weighted by Crippen LogP contribution is 2.24. The quantitative estimate of drug-likeness (QED) is 0.0409. The molecular formula is C96H194S8. The van der Waals surface area contributed by atoms with Gasteiger partial charge in [0.05, 0.1) is 0 Å². The molecule has 0 heterocycles. The van der Waals surface area contributed by atoms with Gasteiger partial charge in [-0.05, 0) is 6.42 Å². The van der Waals surface area contributed by atoms with Crippen molar-refractivity contribution < 1.29 is 0 Å². The topological polar surface area (TPSA) is 0 Å². The lowest BCUT2D eigenvalue weighted by Crippen LogP contribution is -2.04. The van der Waals surface area contributed by atoms with Crippen LogP contribution in [-0.2, 0) is 0 Å². The molecule has 0 saturated carbocycles. The van der Waals surface area contributed by atoms with Crippen molar-refractivity contribution in [2.75, 3.05) is 63.3 Å².